The van der Waals surface area contributed by atoms with Gasteiger partial charge < -0.3 is 15.0 Å². The SMILES string of the molecule is Cc1ccc(NC(=O)c2ccnc(C(F)(F)F)c2)cc1-c1cc(C#CCN2CCCC2)nc(N2CCOCC2)c1. The molecule has 0 radical (unpaired) electrons. The second kappa shape index (κ2) is 12.1. The average Bonchev–Trinajstić information content (AvgIpc) is 3.48. The van der Waals surface area contributed by atoms with Crippen LogP contribution < -0.4 is 10.2 Å². The Morgan fingerprint density at radius 2 is 1.82 bits per heavy atom. The van der Waals surface area contributed by atoms with Crippen molar-refractivity contribution in [3.63, 3.8) is 0 Å². The number of carbonyl (C=O) groups is 1. The summed E-state index contributed by atoms with van der Waals surface area (Å²) in [5.74, 6) is 6.65. The van der Waals surface area contributed by atoms with E-state index in [1.807, 2.05) is 31.2 Å². The average molecular weight is 550 g/mol. The number of hydrogen-bond donors (Lipinski definition) is 1. The Morgan fingerprint density at radius 3 is 2.58 bits per heavy atom. The summed E-state index contributed by atoms with van der Waals surface area (Å²) in [4.78, 5) is 25.5. The number of benzene rings is 1. The summed E-state index contributed by atoms with van der Waals surface area (Å²) in [6.45, 7) is 7.47. The number of hydrogen-bond acceptors (Lipinski definition) is 6. The molecule has 0 spiro atoms. The van der Waals surface area contributed by atoms with E-state index in [9.17, 15) is 18.0 Å². The molecule has 208 valence electrons. The normalized spacial score (nSPS) is 15.9. The Labute approximate surface area is 231 Å². The van der Waals surface area contributed by atoms with Crippen molar-refractivity contribution in [3.05, 3.63) is 71.2 Å². The fraction of sp³-hybridized carbons (Fsp3) is 0.367. The Kier molecular flexibility index (Phi) is 8.33. The van der Waals surface area contributed by atoms with E-state index in [1.54, 1.807) is 6.07 Å². The second-order valence-electron chi connectivity index (χ2n) is 9.90. The van der Waals surface area contributed by atoms with Gasteiger partial charge in [-0.15, -0.1) is 0 Å². The fourth-order valence-corrected chi connectivity index (χ4v) is 4.81. The third-order valence-corrected chi connectivity index (χ3v) is 6.98. The smallest absolute Gasteiger partial charge is 0.378 e. The van der Waals surface area contributed by atoms with Gasteiger partial charge in [-0.25, -0.2) is 4.98 Å². The molecule has 0 unspecified atom stereocenters. The molecule has 4 heterocycles. The first-order chi connectivity index (χ1) is 19.3. The molecule has 7 nitrogen and oxygen atoms in total. The number of pyridine rings is 2. The number of anilines is 2. The molecule has 0 atom stereocenters. The van der Waals surface area contributed by atoms with E-state index < -0.39 is 17.8 Å². The topological polar surface area (TPSA) is 70.6 Å². The molecule has 10 heteroatoms. The monoisotopic (exact) mass is 549 g/mol. The van der Waals surface area contributed by atoms with Gasteiger partial charge in [0.25, 0.3) is 5.91 Å². The fourth-order valence-electron chi connectivity index (χ4n) is 4.81. The zero-order chi connectivity index (χ0) is 28.1. The molecule has 2 aromatic heterocycles. The van der Waals surface area contributed by atoms with Crippen LogP contribution in [0, 0.1) is 18.8 Å². The van der Waals surface area contributed by atoms with Crippen molar-refractivity contribution in [2.24, 2.45) is 0 Å². The maximum absolute atomic E-state index is 13.1. The Balaban J connectivity index is 1.44. The number of likely N-dealkylation sites (tertiary alicyclic amines) is 1. The molecule has 1 N–H and O–H groups in total. The molecule has 1 amide bonds. The van der Waals surface area contributed by atoms with Gasteiger partial charge in [-0.3, -0.25) is 14.7 Å². The second-order valence-corrected chi connectivity index (χ2v) is 9.90. The zero-order valence-electron chi connectivity index (χ0n) is 22.2. The van der Waals surface area contributed by atoms with Gasteiger partial charge in [0.15, 0.2) is 0 Å². The molecule has 3 aromatic rings. The maximum Gasteiger partial charge on any atom is 0.433 e. The first-order valence-corrected chi connectivity index (χ1v) is 13.3. The summed E-state index contributed by atoms with van der Waals surface area (Å²) < 4.78 is 44.7. The molecule has 2 fully saturated rings. The van der Waals surface area contributed by atoms with Crippen LogP contribution in [-0.4, -0.2) is 66.7 Å². The number of halogens is 3. The molecule has 1 aromatic carbocycles. The number of amides is 1. The number of morpholine rings is 1. The van der Waals surface area contributed by atoms with Crippen molar-refractivity contribution < 1.29 is 22.7 Å². The van der Waals surface area contributed by atoms with E-state index in [0.29, 0.717) is 31.1 Å². The van der Waals surface area contributed by atoms with Crippen molar-refractivity contribution >= 4 is 17.4 Å². The maximum atomic E-state index is 13.1. The van der Waals surface area contributed by atoms with Crippen LogP contribution in [0.3, 0.4) is 0 Å². The van der Waals surface area contributed by atoms with Crippen LogP contribution in [0.2, 0.25) is 0 Å². The number of ether oxygens (including phenoxy) is 1. The summed E-state index contributed by atoms with van der Waals surface area (Å²) in [5, 5.41) is 2.72. The highest BCUT2D eigenvalue weighted by molar-refractivity contribution is 6.04. The molecular weight excluding hydrogens is 519 g/mol. The van der Waals surface area contributed by atoms with Gasteiger partial charge in [-0.1, -0.05) is 12.0 Å². The van der Waals surface area contributed by atoms with Crippen LogP contribution >= 0.6 is 0 Å². The number of aryl methyl sites for hydroxylation is 1. The van der Waals surface area contributed by atoms with Gasteiger partial charge >= 0.3 is 6.18 Å². The number of rotatable bonds is 5. The molecule has 0 bridgehead atoms. The lowest BCUT2D eigenvalue weighted by atomic mass is 9.99. The predicted octanol–water partition coefficient (Wildman–Crippen LogP) is 5.01. The van der Waals surface area contributed by atoms with Gasteiger partial charge in [-0.2, -0.15) is 13.2 Å². The lowest BCUT2D eigenvalue weighted by Crippen LogP contribution is -2.36. The van der Waals surface area contributed by atoms with E-state index in [2.05, 4.69) is 31.9 Å². The third-order valence-electron chi connectivity index (χ3n) is 6.98. The first-order valence-electron chi connectivity index (χ1n) is 13.3. The van der Waals surface area contributed by atoms with Crippen LogP contribution in [0.25, 0.3) is 11.1 Å². The van der Waals surface area contributed by atoms with Crippen LogP contribution in [-0.2, 0) is 10.9 Å². The van der Waals surface area contributed by atoms with Crippen molar-refractivity contribution in [2.75, 3.05) is 56.2 Å². The highest BCUT2D eigenvalue weighted by Crippen LogP contribution is 2.31. The standard InChI is InChI=1S/C30H30F3N5O2/c1-21-6-7-25(36-29(39)22-8-9-34-27(18-22)30(31,32)33)20-26(21)23-17-24(5-4-12-37-10-2-3-11-37)35-28(19-23)38-13-15-40-16-14-38/h6-9,17-20H,2-3,10-16H2,1H3,(H,36,39). The molecule has 2 aliphatic rings. The van der Waals surface area contributed by atoms with E-state index in [-0.39, 0.29) is 5.56 Å². The van der Waals surface area contributed by atoms with Gasteiger partial charge in [0.05, 0.1) is 19.8 Å². The summed E-state index contributed by atoms with van der Waals surface area (Å²) >= 11 is 0. The molecule has 5 rings (SSSR count). The van der Waals surface area contributed by atoms with Crippen LogP contribution in [0.4, 0.5) is 24.7 Å². The van der Waals surface area contributed by atoms with E-state index >= 15 is 0 Å². The minimum absolute atomic E-state index is 0.126. The van der Waals surface area contributed by atoms with E-state index in [0.717, 1.165) is 61.0 Å². The highest BCUT2D eigenvalue weighted by Gasteiger charge is 2.33. The largest absolute Gasteiger partial charge is 0.433 e. The Morgan fingerprint density at radius 1 is 1.05 bits per heavy atom. The van der Waals surface area contributed by atoms with E-state index in [1.165, 1.54) is 18.9 Å². The lowest BCUT2D eigenvalue weighted by Gasteiger charge is -2.28. The summed E-state index contributed by atoms with van der Waals surface area (Å²) in [5.41, 5.74) is 2.60. The van der Waals surface area contributed by atoms with Gasteiger partial charge in [0.1, 0.15) is 17.2 Å². The zero-order valence-corrected chi connectivity index (χ0v) is 22.2. The highest BCUT2D eigenvalue weighted by atomic mass is 19.4. The molecule has 0 saturated carbocycles. The number of alkyl halides is 3. The summed E-state index contributed by atoms with van der Waals surface area (Å²) in [6.07, 6.45) is -1.25. The Hall–Kier alpha value is -3.94. The van der Waals surface area contributed by atoms with Crippen molar-refractivity contribution in [3.8, 4) is 23.0 Å². The molecule has 0 aliphatic carbocycles. The van der Waals surface area contributed by atoms with Crippen molar-refractivity contribution in [1.29, 1.82) is 0 Å². The summed E-state index contributed by atoms with van der Waals surface area (Å²) in [7, 11) is 0. The molecule has 2 aliphatic heterocycles. The number of carbonyl (C=O) groups excluding carboxylic acids is 1. The third kappa shape index (κ3) is 6.79. The van der Waals surface area contributed by atoms with Gasteiger partial charge in [0.2, 0.25) is 0 Å². The number of nitrogens with one attached hydrogen (secondary N) is 1. The minimum atomic E-state index is -4.64. The van der Waals surface area contributed by atoms with Gasteiger partial charge in [0, 0.05) is 30.5 Å². The first kappa shape index (κ1) is 27.6. The molecule has 2 saturated heterocycles. The van der Waals surface area contributed by atoms with Crippen molar-refractivity contribution in [2.45, 2.75) is 25.9 Å². The van der Waals surface area contributed by atoms with Crippen LogP contribution in [0.15, 0.2) is 48.7 Å². The number of aromatic nitrogens is 2. The molecule has 40 heavy (non-hydrogen) atoms. The van der Waals surface area contributed by atoms with Crippen LogP contribution in [0.1, 0.15) is 40.2 Å². The Bertz CT molecular complexity index is 1440. The quantitative estimate of drug-likeness (QED) is 0.452. The predicted molar refractivity (Wildman–Crippen MR) is 147 cm³/mol. The summed E-state index contributed by atoms with van der Waals surface area (Å²) in [6, 6.07) is 11.4. The van der Waals surface area contributed by atoms with Gasteiger partial charge in [-0.05, 0) is 91.9 Å². The van der Waals surface area contributed by atoms with Crippen molar-refractivity contribution in [1.82, 2.24) is 14.9 Å². The van der Waals surface area contributed by atoms with E-state index in [4.69, 9.17) is 9.72 Å². The minimum Gasteiger partial charge on any atom is -0.378 e. The lowest BCUT2D eigenvalue weighted by molar-refractivity contribution is -0.141. The number of nitrogens with zero attached hydrogens (tertiary/aromatic N) is 4. The van der Waals surface area contributed by atoms with Crippen LogP contribution in [0.5, 0.6) is 0 Å². The molecular formula is C30H30F3N5O2.